The molecule has 0 amide bonds. The van der Waals surface area contributed by atoms with Crippen LogP contribution in [0.25, 0.3) is 0 Å². The van der Waals surface area contributed by atoms with Crippen molar-refractivity contribution < 1.29 is 4.74 Å². The van der Waals surface area contributed by atoms with E-state index in [0.717, 1.165) is 38.7 Å². The minimum atomic E-state index is 0.592. The van der Waals surface area contributed by atoms with Crippen molar-refractivity contribution in [3.8, 4) is 0 Å². The van der Waals surface area contributed by atoms with Gasteiger partial charge in [0.15, 0.2) is 5.96 Å². The predicted molar refractivity (Wildman–Crippen MR) is 112 cm³/mol. The second-order valence-electron chi connectivity index (χ2n) is 7.81. The number of hydrogen-bond donors (Lipinski definition) is 1. The van der Waals surface area contributed by atoms with Gasteiger partial charge < -0.3 is 15.0 Å². The summed E-state index contributed by atoms with van der Waals surface area (Å²) in [6.07, 6.45) is 5.18. The van der Waals surface area contributed by atoms with Gasteiger partial charge in [-0.3, -0.25) is 9.89 Å². The molecule has 2 unspecified atom stereocenters. The molecular formula is C22H36N4O. The Morgan fingerprint density at radius 1 is 1.19 bits per heavy atom. The largest absolute Gasteiger partial charge is 0.376 e. The Bertz CT molecular complexity index is 577. The summed E-state index contributed by atoms with van der Waals surface area (Å²) in [5.74, 6) is 1.65. The Labute approximate surface area is 164 Å². The van der Waals surface area contributed by atoms with E-state index in [0.29, 0.717) is 18.6 Å². The topological polar surface area (TPSA) is 40.1 Å². The lowest BCUT2D eigenvalue weighted by Gasteiger charge is -2.35. The number of guanidine groups is 1. The number of hydrogen-bond acceptors (Lipinski definition) is 3. The van der Waals surface area contributed by atoms with Crippen LogP contribution in [0.1, 0.15) is 38.2 Å². The maximum atomic E-state index is 5.96. The van der Waals surface area contributed by atoms with Crippen molar-refractivity contribution in [2.45, 2.75) is 45.3 Å². The number of benzene rings is 1. The second kappa shape index (κ2) is 10.7. The van der Waals surface area contributed by atoms with Gasteiger partial charge in [0.25, 0.3) is 0 Å². The standard InChI is InChI=1S/C22H36N4O/c1-3-25-13-8-7-11-21(25)15-24-22(23-2)26-14-12-20(16-26)18-27-17-19-9-5-4-6-10-19/h4-6,9-10,20-21H,3,7-8,11-18H2,1-2H3,(H,23,24). The summed E-state index contributed by atoms with van der Waals surface area (Å²) in [4.78, 5) is 9.54. The summed E-state index contributed by atoms with van der Waals surface area (Å²) >= 11 is 0. The first-order valence-corrected chi connectivity index (χ1v) is 10.6. The molecule has 150 valence electrons. The van der Waals surface area contributed by atoms with Gasteiger partial charge in [-0.15, -0.1) is 0 Å². The zero-order valence-corrected chi connectivity index (χ0v) is 17.1. The van der Waals surface area contributed by atoms with Crippen LogP contribution in [0.3, 0.4) is 0 Å². The number of nitrogens with one attached hydrogen (secondary N) is 1. The van der Waals surface area contributed by atoms with Crippen LogP contribution < -0.4 is 5.32 Å². The van der Waals surface area contributed by atoms with Gasteiger partial charge in [-0.25, -0.2) is 0 Å². The van der Waals surface area contributed by atoms with Gasteiger partial charge in [0.2, 0.25) is 0 Å². The van der Waals surface area contributed by atoms with E-state index in [4.69, 9.17) is 4.74 Å². The highest BCUT2D eigenvalue weighted by atomic mass is 16.5. The molecule has 0 aliphatic carbocycles. The summed E-state index contributed by atoms with van der Waals surface area (Å²) in [5, 5.41) is 3.64. The first kappa shape index (κ1) is 20.2. The molecule has 5 nitrogen and oxygen atoms in total. The van der Waals surface area contributed by atoms with Crippen molar-refractivity contribution in [2.24, 2.45) is 10.9 Å². The summed E-state index contributed by atoms with van der Waals surface area (Å²) < 4.78 is 5.96. The van der Waals surface area contributed by atoms with Crippen molar-refractivity contribution in [3.63, 3.8) is 0 Å². The molecule has 2 saturated heterocycles. The van der Waals surface area contributed by atoms with Crippen LogP contribution in [-0.2, 0) is 11.3 Å². The molecule has 2 aliphatic rings. The Morgan fingerprint density at radius 3 is 2.81 bits per heavy atom. The number of likely N-dealkylation sites (N-methyl/N-ethyl adjacent to an activating group) is 1. The van der Waals surface area contributed by atoms with Crippen LogP contribution in [0, 0.1) is 5.92 Å². The Morgan fingerprint density at radius 2 is 2.04 bits per heavy atom. The first-order chi connectivity index (χ1) is 13.3. The zero-order chi connectivity index (χ0) is 18.9. The van der Waals surface area contributed by atoms with E-state index in [9.17, 15) is 0 Å². The number of nitrogens with zero attached hydrogens (tertiary/aromatic N) is 3. The zero-order valence-electron chi connectivity index (χ0n) is 17.1. The van der Waals surface area contributed by atoms with E-state index in [-0.39, 0.29) is 0 Å². The molecule has 3 rings (SSSR count). The highest BCUT2D eigenvalue weighted by molar-refractivity contribution is 5.80. The van der Waals surface area contributed by atoms with Gasteiger partial charge in [-0.05, 0) is 37.9 Å². The lowest BCUT2D eigenvalue weighted by molar-refractivity contribution is 0.0906. The highest BCUT2D eigenvalue weighted by Gasteiger charge is 2.26. The van der Waals surface area contributed by atoms with Crippen LogP contribution >= 0.6 is 0 Å². The molecule has 2 aliphatic heterocycles. The molecule has 1 N–H and O–H groups in total. The third-order valence-corrected chi connectivity index (χ3v) is 5.91. The first-order valence-electron chi connectivity index (χ1n) is 10.6. The highest BCUT2D eigenvalue weighted by Crippen LogP contribution is 2.19. The number of likely N-dealkylation sites (tertiary alicyclic amines) is 2. The van der Waals surface area contributed by atoms with E-state index in [2.05, 4.69) is 51.3 Å². The number of rotatable bonds is 7. The maximum absolute atomic E-state index is 5.96. The van der Waals surface area contributed by atoms with E-state index in [1.807, 2.05) is 13.1 Å². The Kier molecular flexibility index (Phi) is 7.96. The Hall–Kier alpha value is -1.59. The number of aliphatic imine (C=N–C) groups is 1. The average molecular weight is 373 g/mol. The molecule has 1 aromatic carbocycles. The molecular weight excluding hydrogens is 336 g/mol. The summed E-state index contributed by atoms with van der Waals surface area (Å²) in [6, 6.07) is 11.1. The molecule has 1 aromatic rings. The summed E-state index contributed by atoms with van der Waals surface area (Å²) in [6.45, 7) is 9.31. The molecule has 2 heterocycles. The molecule has 27 heavy (non-hydrogen) atoms. The monoisotopic (exact) mass is 372 g/mol. The third-order valence-electron chi connectivity index (χ3n) is 5.91. The van der Waals surface area contributed by atoms with Crippen LogP contribution in [0.5, 0.6) is 0 Å². The van der Waals surface area contributed by atoms with E-state index in [1.54, 1.807) is 0 Å². The van der Waals surface area contributed by atoms with Crippen molar-refractivity contribution >= 4 is 5.96 Å². The molecule has 0 spiro atoms. The van der Waals surface area contributed by atoms with Crippen LogP contribution in [0.2, 0.25) is 0 Å². The molecule has 0 aromatic heterocycles. The molecule has 2 fully saturated rings. The smallest absolute Gasteiger partial charge is 0.193 e. The molecule has 0 bridgehead atoms. The van der Waals surface area contributed by atoms with Crippen LogP contribution in [0.15, 0.2) is 35.3 Å². The predicted octanol–water partition coefficient (Wildman–Crippen LogP) is 2.97. The van der Waals surface area contributed by atoms with E-state index in [1.165, 1.54) is 37.8 Å². The maximum Gasteiger partial charge on any atom is 0.193 e. The van der Waals surface area contributed by atoms with Crippen molar-refractivity contribution in [2.75, 3.05) is 46.4 Å². The molecule has 2 atom stereocenters. The lowest BCUT2D eigenvalue weighted by Crippen LogP contribution is -2.49. The van der Waals surface area contributed by atoms with Crippen molar-refractivity contribution in [3.05, 3.63) is 35.9 Å². The molecule has 0 saturated carbocycles. The van der Waals surface area contributed by atoms with Gasteiger partial charge in [-0.2, -0.15) is 0 Å². The van der Waals surface area contributed by atoms with Gasteiger partial charge in [0, 0.05) is 38.6 Å². The van der Waals surface area contributed by atoms with Crippen LogP contribution in [0.4, 0.5) is 0 Å². The SMILES string of the molecule is CCN1CCCCC1CNC(=NC)N1CCC(COCc2ccccc2)C1. The number of piperidine rings is 1. The fourth-order valence-corrected chi connectivity index (χ4v) is 4.33. The van der Waals surface area contributed by atoms with Crippen molar-refractivity contribution in [1.82, 2.24) is 15.1 Å². The normalized spacial score (nSPS) is 24.4. The van der Waals surface area contributed by atoms with E-state index < -0.39 is 0 Å². The second-order valence-corrected chi connectivity index (χ2v) is 7.81. The van der Waals surface area contributed by atoms with Gasteiger partial charge in [0.05, 0.1) is 13.2 Å². The number of ether oxygens (including phenoxy) is 1. The minimum Gasteiger partial charge on any atom is -0.376 e. The fraction of sp³-hybridized carbons (Fsp3) is 0.682. The average Bonchev–Trinajstić information content (AvgIpc) is 3.18. The van der Waals surface area contributed by atoms with Crippen LogP contribution in [-0.4, -0.2) is 68.2 Å². The van der Waals surface area contributed by atoms with Gasteiger partial charge in [-0.1, -0.05) is 43.7 Å². The fourth-order valence-electron chi connectivity index (χ4n) is 4.33. The molecule has 0 radical (unpaired) electrons. The lowest BCUT2D eigenvalue weighted by atomic mass is 10.0. The van der Waals surface area contributed by atoms with Crippen molar-refractivity contribution in [1.29, 1.82) is 0 Å². The van der Waals surface area contributed by atoms with Gasteiger partial charge >= 0.3 is 0 Å². The Balaban J connectivity index is 1.39. The summed E-state index contributed by atoms with van der Waals surface area (Å²) in [5.41, 5.74) is 1.25. The molecule has 5 heteroatoms. The third kappa shape index (κ3) is 5.94. The summed E-state index contributed by atoms with van der Waals surface area (Å²) in [7, 11) is 1.90. The van der Waals surface area contributed by atoms with Gasteiger partial charge in [0.1, 0.15) is 0 Å². The minimum absolute atomic E-state index is 0.592. The van der Waals surface area contributed by atoms with E-state index >= 15 is 0 Å². The quantitative estimate of drug-likeness (QED) is 0.590.